The first-order chi connectivity index (χ1) is 10.1. The highest BCUT2D eigenvalue weighted by molar-refractivity contribution is 9.08. The van der Waals surface area contributed by atoms with Crippen LogP contribution in [0.25, 0.3) is 0 Å². The van der Waals surface area contributed by atoms with Gasteiger partial charge in [-0.25, -0.2) is 0 Å². The second-order valence-electron chi connectivity index (χ2n) is 4.57. The molecule has 110 valence electrons. The molecular formula is C16H14BrCl2NO. The summed E-state index contributed by atoms with van der Waals surface area (Å²) < 4.78 is 0. The van der Waals surface area contributed by atoms with Gasteiger partial charge in [0.15, 0.2) is 0 Å². The van der Waals surface area contributed by atoms with E-state index in [0.717, 1.165) is 16.5 Å². The molecule has 0 heterocycles. The van der Waals surface area contributed by atoms with Crippen molar-refractivity contribution in [3.63, 3.8) is 0 Å². The van der Waals surface area contributed by atoms with E-state index in [1.165, 1.54) is 0 Å². The Morgan fingerprint density at radius 1 is 1.10 bits per heavy atom. The molecule has 2 nitrogen and oxygen atoms in total. The number of carbonyl (C=O) groups is 1. The van der Waals surface area contributed by atoms with Crippen molar-refractivity contribution >= 4 is 45.0 Å². The van der Waals surface area contributed by atoms with Crippen molar-refractivity contribution in [2.45, 2.75) is 11.8 Å². The van der Waals surface area contributed by atoms with Crippen LogP contribution >= 0.6 is 39.1 Å². The van der Waals surface area contributed by atoms with Crippen molar-refractivity contribution in [2.75, 3.05) is 6.54 Å². The van der Waals surface area contributed by atoms with Gasteiger partial charge in [-0.15, -0.1) is 0 Å². The maximum atomic E-state index is 12.0. The third kappa shape index (κ3) is 4.73. The SMILES string of the molecule is O=C(NCCc1ccc(Cl)cc1Cl)c1ccc(CBr)cc1. The Kier molecular flexibility index (Phi) is 6.09. The van der Waals surface area contributed by atoms with Gasteiger partial charge in [0, 0.05) is 27.5 Å². The minimum Gasteiger partial charge on any atom is -0.352 e. The number of rotatable bonds is 5. The van der Waals surface area contributed by atoms with Gasteiger partial charge >= 0.3 is 0 Å². The highest BCUT2D eigenvalue weighted by Crippen LogP contribution is 2.21. The minimum absolute atomic E-state index is 0.0822. The smallest absolute Gasteiger partial charge is 0.251 e. The van der Waals surface area contributed by atoms with Gasteiger partial charge < -0.3 is 5.32 Å². The molecule has 21 heavy (non-hydrogen) atoms. The number of hydrogen-bond acceptors (Lipinski definition) is 1. The summed E-state index contributed by atoms with van der Waals surface area (Å²) >= 11 is 15.3. The molecule has 0 aliphatic rings. The van der Waals surface area contributed by atoms with Crippen molar-refractivity contribution in [3.8, 4) is 0 Å². The highest BCUT2D eigenvalue weighted by Gasteiger charge is 2.06. The second kappa shape index (κ2) is 7.83. The van der Waals surface area contributed by atoms with E-state index in [-0.39, 0.29) is 5.91 Å². The second-order valence-corrected chi connectivity index (χ2v) is 5.98. The predicted octanol–water partition coefficient (Wildman–Crippen LogP) is 4.86. The van der Waals surface area contributed by atoms with E-state index in [9.17, 15) is 4.79 Å². The molecule has 1 N–H and O–H groups in total. The largest absolute Gasteiger partial charge is 0.352 e. The van der Waals surface area contributed by atoms with Crippen LogP contribution in [0.5, 0.6) is 0 Å². The lowest BCUT2D eigenvalue weighted by Crippen LogP contribution is -2.25. The van der Waals surface area contributed by atoms with Crippen LogP contribution in [0.4, 0.5) is 0 Å². The molecule has 2 rings (SSSR count). The third-order valence-electron chi connectivity index (χ3n) is 3.07. The summed E-state index contributed by atoms with van der Waals surface area (Å²) in [5.74, 6) is -0.0822. The van der Waals surface area contributed by atoms with Crippen LogP contribution in [0.15, 0.2) is 42.5 Å². The molecule has 0 aromatic heterocycles. The fraction of sp³-hybridized carbons (Fsp3) is 0.188. The molecule has 0 saturated heterocycles. The van der Waals surface area contributed by atoms with Gasteiger partial charge in [0.1, 0.15) is 0 Å². The maximum absolute atomic E-state index is 12.0. The van der Waals surface area contributed by atoms with Crippen LogP contribution in [0, 0.1) is 0 Å². The van der Waals surface area contributed by atoms with Gasteiger partial charge in [0.05, 0.1) is 0 Å². The number of halogens is 3. The Labute approximate surface area is 142 Å². The lowest BCUT2D eigenvalue weighted by molar-refractivity contribution is 0.0954. The molecule has 0 atom stereocenters. The van der Waals surface area contributed by atoms with Gasteiger partial charge in [-0.2, -0.15) is 0 Å². The van der Waals surface area contributed by atoms with E-state index in [1.807, 2.05) is 30.3 Å². The molecule has 0 fully saturated rings. The Hall–Kier alpha value is -1.03. The molecule has 0 saturated carbocycles. The fourth-order valence-electron chi connectivity index (χ4n) is 1.88. The van der Waals surface area contributed by atoms with Crippen LogP contribution in [0.1, 0.15) is 21.5 Å². The van der Waals surface area contributed by atoms with Crippen molar-refractivity contribution in [1.29, 1.82) is 0 Å². The van der Waals surface area contributed by atoms with E-state index in [0.29, 0.717) is 28.6 Å². The van der Waals surface area contributed by atoms with E-state index >= 15 is 0 Å². The van der Waals surface area contributed by atoms with Gasteiger partial charge in [0.25, 0.3) is 5.91 Å². The summed E-state index contributed by atoms with van der Waals surface area (Å²) in [6.07, 6.45) is 0.668. The third-order valence-corrected chi connectivity index (χ3v) is 4.30. The lowest BCUT2D eigenvalue weighted by atomic mass is 10.1. The maximum Gasteiger partial charge on any atom is 0.251 e. The predicted molar refractivity (Wildman–Crippen MR) is 91.6 cm³/mol. The lowest BCUT2D eigenvalue weighted by Gasteiger charge is -2.07. The molecule has 1 amide bonds. The Balaban J connectivity index is 1.88. The topological polar surface area (TPSA) is 29.1 Å². The first kappa shape index (κ1) is 16.3. The zero-order chi connectivity index (χ0) is 15.2. The zero-order valence-electron chi connectivity index (χ0n) is 11.2. The number of hydrogen-bond donors (Lipinski definition) is 1. The summed E-state index contributed by atoms with van der Waals surface area (Å²) in [7, 11) is 0. The molecule has 0 aliphatic carbocycles. The summed E-state index contributed by atoms with van der Waals surface area (Å²) in [6, 6.07) is 12.9. The highest BCUT2D eigenvalue weighted by atomic mass is 79.9. The zero-order valence-corrected chi connectivity index (χ0v) is 14.3. The fourth-order valence-corrected chi connectivity index (χ4v) is 2.76. The monoisotopic (exact) mass is 385 g/mol. The molecule has 0 spiro atoms. The minimum atomic E-state index is -0.0822. The molecule has 2 aromatic rings. The number of amides is 1. The average molecular weight is 387 g/mol. The molecule has 2 aromatic carbocycles. The van der Waals surface area contributed by atoms with Gasteiger partial charge in [-0.3, -0.25) is 4.79 Å². The van der Waals surface area contributed by atoms with E-state index in [4.69, 9.17) is 23.2 Å². The molecule has 0 unspecified atom stereocenters. The van der Waals surface area contributed by atoms with Crippen LogP contribution in [-0.4, -0.2) is 12.5 Å². The number of benzene rings is 2. The molecule has 0 bridgehead atoms. The van der Waals surface area contributed by atoms with Crippen LogP contribution < -0.4 is 5.32 Å². The summed E-state index contributed by atoms with van der Waals surface area (Å²) in [4.78, 5) is 12.0. The van der Waals surface area contributed by atoms with Gasteiger partial charge in [0.2, 0.25) is 0 Å². The number of nitrogens with one attached hydrogen (secondary N) is 1. The molecule has 5 heteroatoms. The molecule has 0 radical (unpaired) electrons. The first-order valence-corrected chi connectivity index (χ1v) is 8.35. The summed E-state index contributed by atoms with van der Waals surface area (Å²) in [5, 5.41) is 4.90. The molecular weight excluding hydrogens is 373 g/mol. The van der Waals surface area contributed by atoms with E-state index in [1.54, 1.807) is 12.1 Å². The van der Waals surface area contributed by atoms with Crippen LogP contribution in [0.3, 0.4) is 0 Å². The van der Waals surface area contributed by atoms with E-state index in [2.05, 4.69) is 21.2 Å². The molecule has 0 aliphatic heterocycles. The van der Waals surface area contributed by atoms with Crippen LogP contribution in [-0.2, 0) is 11.8 Å². The van der Waals surface area contributed by atoms with Crippen molar-refractivity contribution in [3.05, 3.63) is 69.2 Å². The van der Waals surface area contributed by atoms with Crippen LogP contribution in [0.2, 0.25) is 10.0 Å². The summed E-state index contributed by atoms with van der Waals surface area (Å²) in [6.45, 7) is 0.528. The Morgan fingerprint density at radius 3 is 2.43 bits per heavy atom. The quantitative estimate of drug-likeness (QED) is 0.730. The van der Waals surface area contributed by atoms with Crippen molar-refractivity contribution in [2.24, 2.45) is 0 Å². The van der Waals surface area contributed by atoms with E-state index < -0.39 is 0 Å². The van der Waals surface area contributed by atoms with Gasteiger partial charge in [-0.1, -0.05) is 57.3 Å². The van der Waals surface area contributed by atoms with Crippen molar-refractivity contribution < 1.29 is 4.79 Å². The first-order valence-electron chi connectivity index (χ1n) is 6.47. The number of carbonyl (C=O) groups excluding carboxylic acids is 1. The van der Waals surface area contributed by atoms with Gasteiger partial charge in [-0.05, 0) is 41.8 Å². The normalized spacial score (nSPS) is 10.4. The number of alkyl halides is 1. The average Bonchev–Trinajstić information content (AvgIpc) is 2.49. The Bertz CT molecular complexity index is 629. The standard InChI is InChI=1S/C16H14BrCl2NO/c17-10-11-1-3-13(4-2-11)16(21)20-8-7-12-5-6-14(18)9-15(12)19/h1-6,9H,7-8,10H2,(H,20,21). The van der Waals surface area contributed by atoms with Crippen molar-refractivity contribution in [1.82, 2.24) is 5.32 Å². The Morgan fingerprint density at radius 2 is 1.81 bits per heavy atom. The summed E-state index contributed by atoms with van der Waals surface area (Å²) in [5.41, 5.74) is 2.76.